The Bertz CT molecular complexity index is 461. The highest BCUT2D eigenvalue weighted by molar-refractivity contribution is 7.76. The number of aliphatic hydroxyl groups is 1. The minimum atomic E-state index is -2.41. The molecule has 1 unspecified atom stereocenters. The fourth-order valence-corrected chi connectivity index (χ4v) is 2.90. The second-order valence-corrected chi connectivity index (χ2v) is 5.23. The Hall–Kier alpha value is -1.17. The molecule has 0 saturated heterocycles. The first-order valence-corrected chi connectivity index (χ1v) is 6.64. The molecule has 100 valence electrons. The molecule has 0 saturated carbocycles. The van der Waals surface area contributed by atoms with E-state index in [1.165, 1.54) is 4.31 Å². The lowest BCUT2D eigenvalue weighted by molar-refractivity contribution is 0.249. The van der Waals surface area contributed by atoms with Gasteiger partial charge in [0.05, 0.1) is 17.8 Å². The Labute approximate surface area is 110 Å². The molecule has 0 aliphatic carbocycles. The minimum Gasteiger partial charge on any atom is -0.755 e. The molecule has 1 rings (SSSR count). The summed E-state index contributed by atoms with van der Waals surface area (Å²) >= 11 is -2.41. The molecule has 1 atom stereocenters. The van der Waals surface area contributed by atoms with Crippen LogP contribution in [0.1, 0.15) is 20.8 Å². The highest BCUT2D eigenvalue weighted by atomic mass is 32.2. The van der Waals surface area contributed by atoms with E-state index in [1.807, 2.05) is 0 Å². The number of hydrogen-bond donors (Lipinski definition) is 1. The second-order valence-electron chi connectivity index (χ2n) is 4.43. The maximum absolute atomic E-state index is 11.5. The summed E-state index contributed by atoms with van der Waals surface area (Å²) in [5.41, 5.74) is 1.18. The summed E-state index contributed by atoms with van der Waals surface area (Å²) in [6, 6.07) is 0. The molecule has 4 nitrogen and oxygen atoms in total. The van der Waals surface area contributed by atoms with Gasteiger partial charge < -0.3 is 9.66 Å². The lowest BCUT2D eigenvalue weighted by atomic mass is 9.87. The third-order valence-electron chi connectivity index (χ3n) is 3.03. The fourth-order valence-electron chi connectivity index (χ4n) is 2.04. The van der Waals surface area contributed by atoms with E-state index in [4.69, 9.17) is 0 Å². The average molecular weight is 268 g/mol. The van der Waals surface area contributed by atoms with Crippen LogP contribution in [0.15, 0.2) is 47.7 Å². The molecule has 5 heteroatoms. The van der Waals surface area contributed by atoms with Crippen LogP contribution in [0.5, 0.6) is 0 Å². The zero-order valence-corrected chi connectivity index (χ0v) is 11.7. The number of allylic oxidation sites excluding steroid dienone is 4. The van der Waals surface area contributed by atoms with Gasteiger partial charge in [-0.15, -0.1) is 0 Å². The third-order valence-corrected chi connectivity index (χ3v) is 3.98. The number of aliphatic hydroxyl groups excluding tert-OH is 1. The van der Waals surface area contributed by atoms with Gasteiger partial charge in [0.1, 0.15) is 0 Å². The quantitative estimate of drug-likeness (QED) is 0.794. The van der Waals surface area contributed by atoms with E-state index in [0.29, 0.717) is 11.3 Å². The molecular formula is C13H18NO3S-. The van der Waals surface area contributed by atoms with Gasteiger partial charge in [-0.1, -0.05) is 24.8 Å². The van der Waals surface area contributed by atoms with Crippen LogP contribution in [0.2, 0.25) is 0 Å². The Balaban J connectivity index is 3.52. The van der Waals surface area contributed by atoms with Crippen molar-refractivity contribution in [2.24, 2.45) is 0 Å². The molecule has 0 radical (unpaired) electrons. The molecule has 0 fully saturated rings. The van der Waals surface area contributed by atoms with E-state index >= 15 is 0 Å². The lowest BCUT2D eigenvalue weighted by Crippen LogP contribution is -2.49. The van der Waals surface area contributed by atoms with Crippen LogP contribution >= 0.6 is 0 Å². The molecular weight excluding hydrogens is 250 g/mol. The van der Waals surface area contributed by atoms with Crippen LogP contribution in [-0.4, -0.2) is 30.3 Å². The Morgan fingerprint density at radius 3 is 2.61 bits per heavy atom. The fraction of sp³-hybridized carbons (Fsp3) is 0.385. The molecule has 1 aliphatic heterocycles. The number of hydrogen-bond acceptors (Lipinski definition) is 3. The first-order chi connectivity index (χ1) is 8.39. The maximum Gasteiger partial charge on any atom is 0.0705 e. The number of nitrogens with zero attached hydrogens (tertiary/aromatic N) is 1. The van der Waals surface area contributed by atoms with Crippen molar-refractivity contribution in [3.63, 3.8) is 0 Å². The van der Waals surface area contributed by atoms with Gasteiger partial charge in [0.15, 0.2) is 0 Å². The molecule has 1 N–H and O–H groups in total. The van der Waals surface area contributed by atoms with Crippen LogP contribution in [0.3, 0.4) is 0 Å². The highest BCUT2D eigenvalue weighted by Gasteiger charge is 2.37. The van der Waals surface area contributed by atoms with Gasteiger partial charge in [-0.25, -0.2) is 0 Å². The van der Waals surface area contributed by atoms with Crippen molar-refractivity contribution >= 4 is 11.3 Å². The standard InChI is InChI=1S/C13H19NO3S/c1-5-7-10-8-11(9-15)13(3,4)14(18(16)17)12(10)6-2/h5-8,15H,1,9H2,2-4H3,(H,16,17)/p-1/b10-7-,12-6+. The molecule has 1 aliphatic rings. The van der Waals surface area contributed by atoms with E-state index in [1.54, 1.807) is 45.1 Å². The normalized spacial score (nSPS) is 25.2. The van der Waals surface area contributed by atoms with E-state index in [9.17, 15) is 13.9 Å². The van der Waals surface area contributed by atoms with E-state index in [2.05, 4.69) is 6.58 Å². The average Bonchev–Trinajstić information content (AvgIpc) is 2.29. The van der Waals surface area contributed by atoms with Crippen LogP contribution in [0.25, 0.3) is 0 Å². The van der Waals surface area contributed by atoms with Crippen molar-refractivity contribution in [2.45, 2.75) is 26.3 Å². The Morgan fingerprint density at radius 2 is 2.22 bits per heavy atom. The van der Waals surface area contributed by atoms with E-state index in [0.717, 1.165) is 5.57 Å². The van der Waals surface area contributed by atoms with Crippen LogP contribution < -0.4 is 0 Å². The van der Waals surface area contributed by atoms with Crippen LogP contribution in [0.4, 0.5) is 0 Å². The summed E-state index contributed by atoms with van der Waals surface area (Å²) in [5, 5.41) is 9.40. The lowest BCUT2D eigenvalue weighted by Gasteiger charge is -2.46. The molecule has 0 aromatic carbocycles. The SMILES string of the molecule is C=C/C=C1/C=C(CO)C(C)(C)N(S(=O)[O-])/C1=C/C. The van der Waals surface area contributed by atoms with Crippen molar-refractivity contribution in [1.82, 2.24) is 4.31 Å². The predicted octanol–water partition coefficient (Wildman–Crippen LogP) is 1.81. The predicted molar refractivity (Wildman–Crippen MR) is 72.0 cm³/mol. The maximum atomic E-state index is 11.5. The Kier molecular flexibility index (Phi) is 4.67. The van der Waals surface area contributed by atoms with Gasteiger partial charge in [-0.3, -0.25) is 8.51 Å². The third kappa shape index (κ3) is 2.48. The first kappa shape index (κ1) is 14.9. The van der Waals surface area contributed by atoms with Crippen molar-refractivity contribution in [3.05, 3.63) is 47.7 Å². The zero-order chi connectivity index (χ0) is 13.9. The minimum absolute atomic E-state index is 0.188. The molecule has 0 aromatic heterocycles. The summed E-state index contributed by atoms with van der Waals surface area (Å²) < 4.78 is 24.2. The summed E-state index contributed by atoms with van der Waals surface area (Å²) in [6.07, 6.45) is 6.85. The highest BCUT2D eigenvalue weighted by Crippen LogP contribution is 2.37. The van der Waals surface area contributed by atoms with Crippen molar-refractivity contribution in [1.29, 1.82) is 0 Å². The molecule has 0 spiro atoms. The summed E-state index contributed by atoms with van der Waals surface area (Å²) in [6.45, 7) is 8.73. The molecule has 0 amide bonds. The van der Waals surface area contributed by atoms with Crippen LogP contribution in [0, 0.1) is 0 Å². The van der Waals surface area contributed by atoms with E-state index in [-0.39, 0.29) is 6.61 Å². The van der Waals surface area contributed by atoms with Gasteiger partial charge in [-0.2, -0.15) is 0 Å². The molecule has 18 heavy (non-hydrogen) atoms. The van der Waals surface area contributed by atoms with Gasteiger partial charge in [-0.05, 0) is 38.0 Å². The van der Waals surface area contributed by atoms with Gasteiger partial charge >= 0.3 is 0 Å². The van der Waals surface area contributed by atoms with Gasteiger partial charge in [0.2, 0.25) is 0 Å². The first-order valence-electron chi connectivity index (χ1n) is 5.61. The number of rotatable bonds is 3. The molecule has 1 heterocycles. The molecule has 0 aromatic rings. The van der Waals surface area contributed by atoms with Gasteiger partial charge in [0, 0.05) is 11.3 Å². The second kappa shape index (κ2) is 5.65. The largest absolute Gasteiger partial charge is 0.755 e. The Morgan fingerprint density at radius 1 is 1.61 bits per heavy atom. The summed E-state index contributed by atoms with van der Waals surface area (Å²) in [4.78, 5) is 0. The summed E-state index contributed by atoms with van der Waals surface area (Å²) in [5.74, 6) is 0. The monoisotopic (exact) mass is 268 g/mol. The van der Waals surface area contributed by atoms with Gasteiger partial charge in [0.25, 0.3) is 0 Å². The van der Waals surface area contributed by atoms with Crippen LogP contribution in [-0.2, 0) is 11.3 Å². The van der Waals surface area contributed by atoms with Crippen molar-refractivity contribution in [3.8, 4) is 0 Å². The topological polar surface area (TPSA) is 63.6 Å². The smallest absolute Gasteiger partial charge is 0.0705 e. The van der Waals surface area contributed by atoms with Crippen molar-refractivity contribution < 1.29 is 13.9 Å². The van der Waals surface area contributed by atoms with Crippen molar-refractivity contribution in [2.75, 3.05) is 6.61 Å². The summed E-state index contributed by atoms with van der Waals surface area (Å²) in [7, 11) is 0. The zero-order valence-electron chi connectivity index (χ0n) is 10.8. The molecule has 0 bridgehead atoms. The van der Waals surface area contributed by atoms with E-state index < -0.39 is 16.8 Å².